The second-order valence-electron chi connectivity index (χ2n) is 4.81. The molecule has 1 aromatic rings. The second kappa shape index (κ2) is 4.77. The molecule has 5 heteroatoms. The van der Waals surface area contributed by atoms with E-state index in [2.05, 4.69) is 28.7 Å². The first-order chi connectivity index (χ1) is 8.13. The van der Waals surface area contributed by atoms with E-state index in [4.69, 9.17) is 10.5 Å². The number of nitrogens with zero attached hydrogens (tertiary/aromatic N) is 3. The molecular formula is C12H20N4O. The van der Waals surface area contributed by atoms with Crippen molar-refractivity contribution in [3.63, 3.8) is 0 Å². The largest absolute Gasteiger partial charge is 0.490 e. The summed E-state index contributed by atoms with van der Waals surface area (Å²) in [6.07, 6.45) is 2.67. The average molecular weight is 236 g/mol. The molecule has 17 heavy (non-hydrogen) atoms. The minimum Gasteiger partial charge on any atom is -0.490 e. The SMILES string of the molecule is COc1c(N)ncnc1N1CCC(C)C(C)C1. The van der Waals surface area contributed by atoms with Crippen molar-refractivity contribution in [1.29, 1.82) is 0 Å². The Morgan fingerprint density at radius 2 is 2.12 bits per heavy atom. The van der Waals surface area contributed by atoms with Crippen molar-refractivity contribution in [2.45, 2.75) is 20.3 Å². The number of rotatable bonds is 2. The van der Waals surface area contributed by atoms with Crippen LogP contribution in [0.15, 0.2) is 6.33 Å². The van der Waals surface area contributed by atoms with Gasteiger partial charge in [0.2, 0.25) is 5.75 Å². The first kappa shape index (κ1) is 12.0. The van der Waals surface area contributed by atoms with Crippen LogP contribution < -0.4 is 15.4 Å². The van der Waals surface area contributed by atoms with E-state index in [-0.39, 0.29) is 0 Å². The van der Waals surface area contributed by atoms with Crippen molar-refractivity contribution in [2.75, 3.05) is 30.8 Å². The van der Waals surface area contributed by atoms with Gasteiger partial charge in [0.15, 0.2) is 11.6 Å². The minimum atomic E-state index is 0.406. The predicted molar refractivity (Wildman–Crippen MR) is 68.2 cm³/mol. The lowest BCUT2D eigenvalue weighted by Crippen LogP contribution is -2.39. The van der Waals surface area contributed by atoms with E-state index < -0.39 is 0 Å². The zero-order valence-corrected chi connectivity index (χ0v) is 10.7. The van der Waals surface area contributed by atoms with Gasteiger partial charge >= 0.3 is 0 Å². The van der Waals surface area contributed by atoms with Crippen molar-refractivity contribution >= 4 is 11.6 Å². The minimum absolute atomic E-state index is 0.406. The van der Waals surface area contributed by atoms with Crippen LogP contribution in [-0.4, -0.2) is 30.2 Å². The Hall–Kier alpha value is -1.52. The number of aromatic nitrogens is 2. The summed E-state index contributed by atoms with van der Waals surface area (Å²) in [6, 6.07) is 0. The lowest BCUT2D eigenvalue weighted by molar-refractivity contribution is 0.319. The molecule has 2 unspecified atom stereocenters. The predicted octanol–water partition coefficient (Wildman–Crippen LogP) is 1.55. The zero-order valence-electron chi connectivity index (χ0n) is 10.7. The number of nitrogen functional groups attached to an aromatic ring is 1. The fourth-order valence-electron chi connectivity index (χ4n) is 2.25. The molecule has 0 amide bonds. The maximum atomic E-state index is 5.80. The van der Waals surface area contributed by atoms with E-state index in [1.165, 1.54) is 12.7 Å². The molecule has 1 saturated heterocycles. The number of hydrogen-bond donors (Lipinski definition) is 1. The van der Waals surface area contributed by atoms with Gasteiger partial charge in [0, 0.05) is 13.1 Å². The van der Waals surface area contributed by atoms with E-state index >= 15 is 0 Å². The van der Waals surface area contributed by atoms with Crippen LogP contribution in [0.5, 0.6) is 5.75 Å². The summed E-state index contributed by atoms with van der Waals surface area (Å²) >= 11 is 0. The highest BCUT2D eigenvalue weighted by Crippen LogP contribution is 2.33. The van der Waals surface area contributed by atoms with Crippen LogP contribution in [0.3, 0.4) is 0 Å². The zero-order chi connectivity index (χ0) is 12.4. The molecule has 2 heterocycles. The Kier molecular flexibility index (Phi) is 3.36. The Bertz CT molecular complexity index is 396. The molecule has 1 aliphatic heterocycles. The molecule has 2 rings (SSSR count). The summed E-state index contributed by atoms with van der Waals surface area (Å²) in [7, 11) is 1.61. The topological polar surface area (TPSA) is 64.3 Å². The number of piperidine rings is 1. The van der Waals surface area contributed by atoms with E-state index in [0.29, 0.717) is 17.5 Å². The van der Waals surface area contributed by atoms with Crippen molar-refractivity contribution in [3.05, 3.63) is 6.33 Å². The molecule has 0 aromatic carbocycles. The van der Waals surface area contributed by atoms with E-state index in [1.807, 2.05) is 0 Å². The van der Waals surface area contributed by atoms with Crippen LogP contribution in [0.25, 0.3) is 0 Å². The first-order valence-electron chi connectivity index (χ1n) is 6.03. The highest BCUT2D eigenvalue weighted by Gasteiger charge is 2.26. The van der Waals surface area contributed by atoms with Gasteiger partial charge in [-0.25, -0.2) is 9.97 Å². The number of anilines is 2. The highest BCUT2D eigenvalue weighted by molar-refractivity contribution is 5.62. The maximum Gasteiger partial charge on any atom is 0.204 e. The van der Waals surface area contributed by atoms with Crippen molar-refractivity contribution in [3.8, 4) is 5.75 Å². The van der Waals surface area contributed by atoms with Crippen LogP contribution in [-0.2, 0) is 0 Å². The highest BCUT2D eigenvalue weighted by atomic mass is 16.5. The van der Waals surface area contributed by atoms with Crippen LogP contribution >= 0.6 is 0 Å². The molecule has 0 spiro atoms. The summed E-state index contributed by atoms with van der Waals surface area (Å²) in [4.78, 5) is 10.5. The lowest BCUT2D eigenvalue weighted by Gasteiger charge is -2.36. The fourth-order valence-corrected chi connectivity index (χ4v) is 2.25. The standard InChI is InChI=1S/C12H20N4O/c1-8-4-5-16(6-9(8)2)12-10(17-3)11(13)14-7-15-12/h7-9H,4-6H2,1-3H3,(H2,13,14,15). The molecule has 1 fully saturated rings. The Labute approximate surface area is 102 Å². The van der Waals surface area contributed by atoms with Crippen LogP contribution in [0.4, 0.5) is 11.6 Å². The number of methoxy groups -OCH3 is 1. The third kappa shape index (κ3) is 2.28. The van der Waals surface area contributed by atoms with Crippen molar-refractivity contribution in [2.24, 2.45) is 11.8 Å². The number of hydrogen-bond acceptors (Lipinski definition) is 5. The molecule has 1 aromatic heterocycles. The summed E-state index contributed by atoms with van der Waals surface area (Å²) in [5, 5.41) is 0. The third-order valence-corrected chi connectivity index (χ3v) is 3.65. The Morgan fingerprint density at radius 1 is 1.35 bits per heavy atom. The van der Waals surface area contributed by atoms with Gasteiger partial charge in [-0.3, -0.25) is 0 Å². The summed E-state index contributed by atoms with van der Waals surface area (Å²) < 4.78 is 5.30. The summed E-state index contributed by atoms with van der Waals surface area (Å²) in [5.74, 6) is 3.23. The summed E-state index contributed by atoms with van der Waals surface area (Å²) in [6.45, 7) is 6.56. The van der Waals surface area contributed by atoms with E-state index in [1.54, 1.807) is 7.11 Å². The summed E-state index contributed by atoms with van der Waals surface area (Å²) in [5.41, 5.74) is 5.80. The quantitative estimate of drug-likeness (QED) is 0.844. The molecule has 1 aliphatic rings. The van der Waals surface area contributed by atoms with Crippen LogP contribution in [0, 0.1) is 11.8 Å². The van der Waals surface area contributed by atoms with Gasteiger partial charge in [-0.1, -0.05) is 13.8 Å². The molecule has 94 valence electrons. The molecular weight excluding hydrogens is 216 g/mol. The Morgan fingerprint density at radius 3 is 2.76 bits per heavy atom. The number of nitrogens with two attached hydrogens (primary N) is 1. The molecule has 0 bridgehead atoms. The third-order valence-electron chi connectivity index (χ3n) is 3.65. The van der Waals surface area contributed by atoms with Gasteiger partial charge in [-0.15, -0.1) is 0 Å². The average Bonchev–Trinajstić information content (AvgIpc) is 2.32. The van der Waals surface area contributed by atoms with Crippen LogP contribution in [0.2, 0.25) is 0 Å². The smallest absolute Gasteiger partial charge is 0.204 e. The molecule has 0 radical (unpaired) electrons. The number of ether oxygens (including phenoxy) is 1. The van der Waals surface area contributed by atoms with Gasteiger partial charge in [0.25, 0.3) is 0 Å². The van der Waals surface area contributed by atoms with Gasteiger partial charge in [-0.05, 0) is 18.3 Å². The van der Waals surface area contributed by atoms with Gasteiger partial charge in [0.1, 0.15) is 6.33 Å². The molecule has 0 aliphatic carbocycles. The Balaban J connectivity index is 2.25. The molecule has 0 saturated carbocycles. The fraction of sp³-hybridized carbons (Fsp3) is 0.667. The monoisotopic (exact) mass is 236 g/mol. The van der Waals surface area contributed by atoms with E-state index in [9.17, 15) is 0 Å². The van der Waals surface area contributed by atoms with Crippen molar-refractivity contribution in [1.82, 2.24) is 9.97 Å². The maximum absolute atomic E-state index is 5.80. The lowest BCUT2D eigenvalue weighted by atomic mass is 9.89. The van der Waals surface area contributed by atoms with Gasteiger partial charge < -0.3 is 15.4 Å². The van der Waals surface area contributed by atoms with Crippen molar-refractivity contribution < 1.29 is 4.74 Å². The first-order valence-corrected chi connectivity index (χ1v) is 6.03. The molecule has 2 atom stereocenters. The van der Waals surface area contributed by atoms with Crippen LogP contribution in [0.1, 0.15) is 20.3 Å². The second-order valence-corrected chi connectivity index (χ2v) is 4.81. The van der Waals surface area contributed by atoms with E-state index in [0.717, 1.165) is 24.8 Å². The molecule has 5 nitrogen and oxygen atoms in total. The van der Waals surface area contributed by atoms with Gasteiger partial charge in [0.05, 0.1) is 7.11 Å². The molecule has 2 N–H and O–H groups in total. The normalized spacial score (nSPS) is 24.8. The van der Waals surface area contributed by atoms with Gasteiger partial charge in [-0.2, -0.15) is 0 Å².